The lowest BCUT2D eigenvalue weighted by atomic mass is 9.96. The van der Waals surface area contributed by atoms with E-state index < -0.39 is 4.75 Å². The highest BCUT2D eigenvalue weighted by Gasteiger charge is 2.45. The van der Waals surface area contributed by atoms with E-state index in [-0.39, 0.29) is 5.91 Å². The predicted octanol–water partition coefficient (Wildman–Crippen LogP) is 4.01. The summed E-state index contributed by atoms with van der Waals surface area (Å²) in [6.45, 7) is 3.51. The van der Waals surface area contributed by atoms with Gasteiger partial charge in [0.2, 0.25) is 5.91 Å². The number of para-hydroxylation sites is 1. The first kappa shape index (κ1) is 20.6. The Morgan fingerprint density at radius 2 is 1.93 bits per heavy atom. The van der Waals surface area contributed by atoms with Crippen LogP contribution in [0.25, 0.3) is 0 Å². The van der Waals surface area contributed by atoms with Gasteiger partial charge in [0.25, 0.3) is 0 Å². The lowest BCUT2D eigenvalue weighted by Gasteiger charge is -2.39. The highest BCUT2D eigenvalue weighted by molar-refractivity contribution is 8.01. The van der Waals surface area contributed by atoms with Gasteiger partial charge in [-0.2, -0.15) is 0 Å². The number of likely N-dealkylation sites (N-methyl/N-ethyl adjacent to an activating group) is 1. The lowest BCUT2D eigenvalue weighted by molar-refractivity contribution is -0.120. The number of carbonyl (C=O) groups is 1. The van der Waals surface area contributed by atoms with E-state index in [4.69, 9.17) is 9.47 Å². The summed E-state index contributed by atoms with van der Waals surface area (Å²) in [7, 11) is 7.56. The Balaban J connectivity index is 1.97. The average molecular weight is 401 g/mol. The van der Waals surface area contributed by atoms with Crippen molar-refractivity contribution < 1.29 is 14.3 Å². The van der Waals surface area contributed by atoms with E-state index in [1.165, 1.54) is 0 Å². The molecule has 0 aromatic heterocycles. The quantitative estimate of drug-likeness (QED) is 0.657. The number of methoxy groups -OCH3 is 1. The van der Waals surface area contributed by atoms with Crippen molar-refractivity contribution in [3.63, 3.8) is 0 Å². The van der Waals surface area contributed by atoms with Gasteiger partial charge in [0.05, 0.1) is 19.4 Å². The molecule has 2 aromatic carbocycles. The Morgan fingerprint density at radius 3 is 2.64 bits per heavy atom. The molecule has 0 aliphatic carbocycles. The summed E-state index contributed by atoms with van der Waals surface area (Å²) in [6.07, 6.45) is 0.916. The number of nitrogens with zero attached hydrogens (tertiary/aromatic N) is 2. The SMILES string of the molecule is COc1ccc(OCCCN(C)C)c(C2(C)Sc3ccccc3N(C)C2=O)c1. The predicted molar refractivity (Wildman–Crippen MR) is 115 cm³/mol. The van der Waals surface area contributed by atoms with Crippen LogP contribution in [0.1, 0.15) is 18.9 Å². The minimum absolute atomic E-state index is 0.0302. The zero-order valence-electron chi connectivity index (χ0n) is 17.2. The van der Waals surface area contributed by atoms with Crippen molar-refractivity contribution >= 4 is 23.4 Å². The molecule has 28 heavy (non-hydrogen) atoms. The molecule has 2 aromatic rings. The first-order chi connectivity index (χ1) is 13.4. The van der Waals surface area contributed by atoms with E-state index in [2.05, 4.69) is 11.0 Å². The average Bonchev–Trinajstić information content (AvgIpc) is 2.69. The second kappa shape index (κ2) is 8.45. The van der Waals surface area contributed by atoms with Gasteiger partial charge < -0.3 is 19.3 Å². The van der Waals surface area contributed by atoms with Crippen LogP contribution in [0, 0.1) is 0 Å². The van der Waals surface area contributed by atoms with Gasteiger partial charge in [-0.3, -0.25) is 4.79 Å². The molecule has 1 aliphatic heterocycles. The molecule has 0 radical (unpaired) electrons. The number of fused-ring (bicyclic) bond motifs is 1. The van der Waals surface area contributed by atoms with Crippen molar-refractivity contribution in [2.45, 2.75) is 23.0 Å². The Morgan fingerprint density at radius 1 is 1.18 bits per heavy atom. The largest absolute Gasteiger partial charge is 0.497 e. The molecule has 0 fully saturated rings. The van der Waals surface area contributed by atoms with E-state index in [1.807, 2.05) is 64.5 Å². The zero-order valence-corrected chi connectivity index (χ0v) is 18.0. The molecule has 6 heteroatoms. The van der Waals surface area contributed by atoms with Crippen molar-refractivity contribution in [1.29, 1.82) is 0 Å². The number of ether oxygens (including phenoxy) is 2. The molecule has 0 spiro atoms. The number of hydrogen-bond acceptors (Lipinski definition) is 5. The molecule has 1 atom stereocenters. The number of thioether (sulfide) groups is 1. The number of amides is 1. The zero-order chi connectivity index (χ0) is 20.3. The second-order valence-electron chi connectivity index (χ2n) is 7.33. The van der Waals surface area contributed by atoms with Crippen LogP contribution in [-0.2, 0) is 9.54 Å². The van der Waals surface area contributed by atoms with Gasteiger partial charge in [-0.15, -0.1) is 11.8 Å². The maximum atomic E-state index is 13.4. The first-order valence-corrected chi connectivity index (χ1v) is 10.2. The molecule has 1 unspecified atom stereocenters. The fraction of sp³-hybridized carbons (Fsp3) is 0.409. The molecule has 1 heterocycles. The van der Waals surface area contributed by atoms with Crippen LogP contribution in [0.3, 0.4) is 0 Å². The van der Waals surface area contributed by atoms with Crippen molar-refractivity contribution in [3.05, 3.63) is 48.0 Å². The fourth-order valence-electron chi connectivity index (χ4n) is 3.38. The topological polar surface area (TPSA) is 42.0 Å². The van der Waals surface area contributed by atoms with Gasteiger partial charge in [-0.1, -0.05) is 12.1 Å². The van der Waals surface area contributed by atoms with Crippen LogP contribution in [0.2, 0.25) is 0 Å². The van der Waals surface area contributed by atoms with Crippen molar-refractivity contribution in [2.24, 2.45) is 0 Å². The third-order valence-electron chi connectivity index (χ3n) is 4.96. The van der Waals surface area contributed by atoms with Gasteiger partial charge >= 0.3 is 0 Å². The standard InChI is InChI=1S/C22H28N2O3S/c1-22(21(25)24(4)18-9-6-7-10-20(18)28-22)17-15-16(26-5)11-12-19(17)27-14-8-13-23(2)3/h6-7,9-12,15H,8,13-14H2,1-5H3. The van der Waals surface area contributed by atoms with E-state index in [0.717, 1.165) is 34.9 Å². The van der Waals surface area contributed by atoms with Gasteiger partial charge in [0.1, 0.15) is 16.2 Å². The van der Waals surface area contributed by atoms with E-state index in [0.29, 0.717) is 12.4 Å². The third-order valence-corrected chi connectivity index (χ3v) is 6.33. The summed E-state index contributed by atoms with van der Waals surface area (Å²) in [4.78, 5) is 18.3. The number of anilines is 1. The summed E-state index contributed by atoms with van der Waals surface area (Å²) in [5.74, 6) is 1.48. The van der Waals surface area contributed by atoms with Crippen LogP contribution < -0.4 is 14.4 Å². The number of hydrogen-bond donors (Lipinski definition) is 0. The van der Waals surface area contributed by atoms with Crippen molar-refractivity contribution in [3.8, 4) is 11.5 Å². The molecular formula is C22H28N2O3S. The van der Waals surface area contributed by atoms with Gasteiger partial charge in [-0.25, -0.2) is 0 Å². The Hall–Kier alpha value is -2.18. The minimum atomic E-state index is -0.797. The lowest BCUT2D eigenvalue weighted by Crippen LogP contribution is -2.44. The molecule has 1 aliphatic rings. The summed E-state index contributed by atoms with van der Waals surface area (Å²) in [5.41, 5.74) is 1.78. The van der Waals surface area contributed by atoms with Crippen LogP contribution in [0.5, 0.6) is 11.5 Å². The maximum absolute atomic E-state index is 13.4. The van der Waals surface area contributed by atoms with E-state index >= 15 is 0 Å². The molecule has 3 rings (SSSR count). The van der Waals surface area contributed by atoms with Gasteiger partial charge in [0.15, 0.2) is 0 Å². The van der Waals surface area contributed by atoms with Crippen molar-refractivity contribution in [1.82, 2.24) is 4.90 Å². The van der Waals surface area contributed by atoms with E-state index in [9.17, 15) is 4.79 Å². The van der Waals surface area contributed by atoms with Crippen LogP contribution in [0.15, 0.2) is 47.4 Å². The Kier molecular flexibility index (Phi) is 6.20. The first-order valence-electron chi connectivity index (χ1n) is 9.39. The fourth-order valence-corrected chi connectivity index (χ4v) is 4.77. The van der Waals surface area contributed by atoms with Crippen LogP contribution >= 0.6 is 11.8 Å². The molecule has 150 valence electrons. The molecular weight excluding hydrogens is 372 g/mol. The molecule has 0 bridgehead atoms. The number of carbonyl (C=O) groups excluding carboxylic acids is 1. The Bertz CT molecular complexity index is 855. The molecule has 0 saturated carbocycles. The summed E-state index contributed by atoms with van der Waals surface area (Å²) < 4.78 is 10.8. The van der Waals surface area contributed by atoms with Gasteiger partial charge in [0, 0.05) is 24.1 Å². The number of benzene rings is 2. The smallest absolute Gasteiger partial charge is 0.247 e. The maximum Gasteiger partial charge on any atom is 0.247 e. The molecule has 0 saturated heterocycles. The monoisotopic (exact) mass is 400 g/mol. The molecule has 5 nitrogen and oxygen atoms in total. The summed E-state index contributed by atoms with van der Waals surface area (Å²) in [5, 5.41) is 0. The van der Waals surface area contributed by atoms with Crippen LogP contribution in [-0.4, -0.2) is 52.2 Å². The highest BCUT2D eigenvalue weighted by Crippen LogP contribution is 2.52. The van der Waals surface area contributed by atoms with Gasteiger partial charge in [-0.05, 0) is 57.8 Å². The summed E-state index contributed by atoms with van der Waals surface area (Å²) in [6, 6.07) is 13.7. The normalized spacial score (nSPS) is 18.9. The number of rotatable bonds is 7. The highest BCUT2D eigenvalue weighted by atomic mass is 32.2. The molecule has 1 amide bonds. The minimum Gasteiger partial charge on any atom is -0.497 e. The Labute approximate surface area is 171 Å². The van der Waals surface area contributed by atoms with E-state index in [1.54, 1.807) is 23.8 Å². The summed E-state index contributed by atoms with van der Waals surface area (Å²) >= 11 is 1.57. The third kappa shape index (κ3) is 3.98. The molecule has 0 N–H and O–H groups in total. The van der Waals surface area contributed by atoms with Crippen LogP contribution in [0.4, 0.5) is 5.69 Å². The van der Waals surface area contributed by atoms with Crippen molar-refractivity contribution in [2.75, 3.05) is 46.3 Å². The second-order valence-corrected chi connectivity index (χ2v) is 8.80.